The van der Waals surface area contributed by atoms with E-state index in [4.69, 9.17) is 11.6 Å². The minimum absolute atomic E-state index is 0.0631. The molecule has 2 heterocycles. The topological polar surface area (TPSA) is 50.2 Å². The molecular weight excluding hydrogens is 252 g/mol. The molecule has 6 heteroatoms. The summed E-state index contributed by atoms with van der Waals surface area (Å²) in [4.78, 5) is 14.0. The molecule has 0 spiro atoms. The first kappa shape index (κ1) is 13.4. The van der Waals surface area contributed by atoms with Gasteiger partial charge in [-0.25, -0.2) is 0 Å². The lowest BCUT2D eigenvalue weighted by atomic mass is 10.1. The van der Waals surface area contributed by atoms with Crippen molar-refractivity contribution in [3.8, 4) is 0 Å². The molecule has 100 valence electrons. The summed E-state index contributed by atoms with van der Waals surface area (Å²) in [5, 5.41) is 8.16. The van der Waals surface area contributed by atoms with E-state index in [1.807, 2.05) is 25.8 Å². The van der Waals surface area contributed by atoms with Gasteiger partial charge in [-0.2, -0.15) is 5.10 Å². The first-order chi connectivity index (χ1) is 8.54. The summed E-state index contributed by atoms with van der Waals surface area (Å²) in [7, 11) is 1.86. The van der Waals surface area contributed by atoms with Crippen LogP contribution in [0.2, 0.25) is 5.02 Å². The highest BCUT2D eigenvalue weighted by Crippen LogP contribution is 2.21. The van der Waals surface area contributed by atoms with Crippen LogP contribution in [0.5, 0.6) is 0 Å². The van der Waals surface area contributed by atoms with Crippen LogP contribution >= 0.6 is 11.6 Å². The monoisotopic (exact) mass is 270 g/mol. The van der Waals surface area contributed by atoms with Gasteiger partial charge in [0.2, 0.25) is 5.91 Å². The molecule has 1 aromatic heterocycles. The second-order valence-electron chi connectivity index (χ2n) is 4.64. The quantitative estimate of drug-likeness (QED) is 0.895. The first-order valence-corrected chi connectivity index (χ1v) is 6.62. The minimum atomic E-state index is -0.0631. The number of aromatic nitrogens is 2. The van der Waals surface area contributed by atoms with E-state index in [0.717, 1.165) is 30.9 Å². The van der Waals surface area contributed by atoms with Gasteiger partial charge in [-0.05, 0) is 13.3 Å². The van der Waals surface area contributed by atoms with Crippen LogP contribution in [0.4, 0.5) is 0 Å². The van der Waals surface area contributed by atoms with Gasteiger partial charge in [-0.15, -0.1) is 0 Å². The maximum Gasteiger partial charge on any atom is 0.240 e. The molecule has 0 bridgehead atoms. The van der Waals surface area contributed by atoms with Crippen molar-refractivity contribution in [2.45, 2.75) is 32.9 Å². The van der Waals surface area contributed by atoms with E-state index in [2.05, 4.69) is 10.4 Å². The van der Waals surface area contributed by atoms with Crippen LogP contribution in [0.25, 0.3) is 0 Å². The van der Waals surface area contributed by atoms with Gasteiger partial charge < -0.3 is 10.2 Å². The molecule has 1 aliphatic rings. The first-order valence-electron chi connectivity index (χ1n) is 6.24. The summed E-state index contributed by atoms with van der Waals surface area (Å²) in [6.07, 6.45) is 0.813. The fraction of sp³-hybridized carbons (Fsp3) is 0.667. The van der Waals surface area contributed by atoms with Crippen LogP contribution in [0.3, 0.4) is 0 Å². The molecule has 5 nitrogen and oxygen atoms in total. The van der Waals surface area contributed by atoms with Crippen LogP contribution in [0, 0.1) is 6.92 Å². The molecule has 1 saturated heterocycles. The summed E-state index contributed by atoms with van der Waals surface area (Å²) in [6, 6.07) is -0.0631. The van der Waals surface area contributed by atoms with E-state index in [9.17, 15) is 4.79 Å². The van der Waals surface area contributed by atoms with Gasteiger partial charge in [0.05, 0.1) is 29.0 Å². The van der Waals surface area contributed by atoms with Gasteiger partial charge in [0.1, 0.15) is 0 Å². The van der Waals surface area contributed by atoms with Gasteiger partial charge in [-0.3, -0.25) is 9.48 Å². The van der Waals surface area contributed by atoms with Gasteiger partial charge >= 0.3 is 0 Å². The second kappa shape index (κ2) is 5.28. The molecule has 1 unspecified atom stereocenters. The van der Waals surface area contributed by atoms with Crippen molar-refractivity contribution >= 4 is 17.5 Å². The van der Waals surface area contributed by atoms with Crippen molar-refractivity contribution in [3.05, 3.63) is 16.4 Å². The van der Waals surface area contributed by atoms with E-state index in [1.54, 1.807) is 4.68 Å². The Hall–Kier alpha value is -1.07. The van der Waals surface area contributed by atoms with Crippen molar-refractivity contribution in [1.82, 2.24) is 20.0 Å². The van der Waals surface area contributed by atoms with Crippen molar-refractivity contribution in [3.63, 3.8) is 0 Å². The van der Waals surface area contributed by atoms with Crippen molar-refractivity contribution < 1.29 is 4.79 Å². The lowest BCUT2D eigenvalue weighted by molar-refractivity contribution is -0.136. The lowest BCUT2D eigenvalue weighted by Crippen LogP contribution is -2.54. The number of piperazine rings is 1. The Morgan fingerprint density at radius 2 is 2.28 bits per heavy atom. The van der Waals surface area contributed by atoms with Crippen LogP contribution < -0.4 is 5.32 Å². The van der Waals surface area contributed by atoms with Crippen molar-refractivity contribution in [2.75, 3.05) is 13.1 Å². The standard InChI is InChI=1S/C12H19ClN4O/c1-4-9-12(18)17(6-5-14-9)7-10-11(13)8(2)15-16(10)3/h9,14H,4-7H2,1-3H3. The third-order valence-corrected chi connectivity index (χ3v) is 3.88. The van der Waals surface area contributed by atoms with Crippen LogP contribution in [-0.4, -0.2) is 39.7 Å². The molecule has 0 saturated carbocycles. The van der Waals surface area contributed by atoms with E-state index in [0.29, 0.717) is 11.6 Å². The Morgan fingerprint density at radius 1 is 1.56 bits per heavy atom. The van der Waals surface area contributed by atoms with E-state index < -0.39 is 0 Å². The van der Waals surface area contributed by atoms with E-state index >= 15 is 0 Å². The average molecular weight is 271 g/mol. The average Bonchev–Trinajstić information content (AvgIpc) is 2.58. The summed E-state index contributed by atoms with van der Waals surface area (Å²) < 4.78 is 1.76. The van der Waals surface area contributed by atoms with Crippen LogP contribution in [0.15, 0.2) is 0 Å². The maximum absolute atomic E-state index is 12.2. The highest BCUT2D eigenvalue weighted by molar-refractivity contribution is 6.31. The fourth-order valence-corrected chi connectivity index (χ4v) is 2.52. The number of amides is 1. The number of nitrogens with zero attached hydrogens (tertiary/aromatic N) is 3. The summed E-state index contributed by atoms with van der Waals surface area (Å²) >= 11 is 6.21. The van der Waals surface area contributed by atoms with Gasteiger partial charge in [0, 0.05) is 20.1 Å². The number of carbonyl (C=O) groups is 1. The predicted octanol–water partition coefficient (Wildman–Crippen LogP) is 1.09. The fourth-order valence-electron chi connectivity index (χ4n) is 2.30. The molecule has 1 N–H and O–H groups in total. The van der Waals surface area contributed by atoms with Crippen molar-refractivity contribution in [1.29, 1.82) is 0 Å². The zero-order chi connectivity index (χ0) is 13.3. The molecular formula is C12H19ClN4O. The van der Waals surface area contributed by atoms with Crippen molar-refractivity contribution in [2.24, 2.45) is 7.05 Å². The molecule has 1 atom stereocenters. The van der Waals surface area contributed by atoms with E-state index in [-0.39, 0.29) is 11.9 Å². The molecule has 0 aromatic carbocycles. The molecule has 1 aliphatic heterocycles. The number of halogens is 1. The SMILES string of the molecule is CCC1NCCN(Cc2c(Cl)c(C)nn2C)C1=O. The predicted molar refractivity (Wildman–Crippen MR) is 70.5 cm³/mol. The number of hydrogen-bond acceptors (Lipinski definition) is 3. The highest BCUT2D eigenvalue weighted by atomic mass is 35.5. The van der Waals surface area contributed by atoms with Crippen LogP contribution in [-0.2, 0) is 18.4 Å². The Bertz CT molecular complexity index is 457. The van der Waals surface area contributed by atoms with Crippen LogP contribution in [0.1, 0.15) is 24.7 Å². The molecule has 18 heavy (non-hydrogen) atoms. The largest absolute Gasteiger partial charge is 0.334 e. The Labute approximate surface area is 112 Å². The minimum Gasteiger partial charge on any atom is -0.334 e. The Morgan fingerprint density at radius 3 is 2.83 bits per heavy atom. The molecule has 2 rings (SSSR count). The molecule has 1 fully saturated rings. The smallest absolute Gasteiger partial charge is 0.240 e. The van der Waals surface area contributed by atoms with Gasteiger partial charge in [-0.1, -0.05) is 18.5 Å². The number of rotatable bonds is 3. The normalized spacial score (nSPS) is 20.6. The summed E-state index contributed by atoms with van der Waals surface area (Å²) in [5.74, 6) is 0.152. The second-order valence-corrected chi connectivity index (χ2v) is 5.02. The Kier molecular flexibility index (Phi) is 3.92. The molecule has 1 aromatic rings. The van der Waals surface area contributed by atoms with E-state index in [1.165, 1.54) is 0 Å². The third kappa shape index (κ3) is 2.37. The summed E-state index contributed by atoms with van der Waals surface area (Å²) in [6.45, 7) is 5.97. The Balaban J connectivity index is 2.15. The third-order valence-electron chi connectivity index (χ3n) is 3.39. The number of carbonyl (C=O) groups excluding carboxylic acids is 1. The lowest BCUT2D eigenvalue weighted by Gasteiger charge is -2.32. The number of aryl methyl sites for hydroxylation is 2. The van der Waals surface area contributed by atoms with Gasteiger partial charge in [0.15, 0.2) is 0 Å². The maximum atomic E-state index is 12.2. The zero-order valence-corrected chi connectivity index (χ0v) is 11.8. The highest BCUT2D eigenvalue weighted by Gasteiger charge is 2.28. The molecule has 0 radical (unpaired) electrons. The summed E-state index contributed by atoms with van der Waals surface area (Å²) in [5.41, 5.74) is 1.71. The van der Waals surface area contributed by atoms with Gasteiger partial charge in [0.25, 0.3) is 0 Å². The number of hydrogen-bond donors (Lipinski definition) is 1. The number of nitrogens with one attached hydrogen (secondary N) is 1. The molecule has 1 amide bonds. The molecule has 0 aliphatic carbocycles. The zero-order valence-electron chi connectivity index (χ0n) is 11.0.